The van der Waals surface area contributed by atoms with E-state index in [0.29, 0.717) is 27.9 Å². The van der Waals surface area contributed by atoms with Gasteiger partial charge in [0.2, 0.25) is 0 Å². The third-order valence-electron chi connectivity index (χ3n) is 7.13. The maximum absolute atomic E-state index is 13.4. The highest BCUT2D eigenvalue weighted by molar-refractivity contribution is 7.14. The van der Waals surface area contributed by atoms with Gasteiger partial charge in [-0.2, -0.15) is 0 Å². The number of amides is 1. The largest absolute Gasteiger partial charge is 0.452 e. The van der Waals surface area contributed by atoms with Crippen LogP contribution in [0.15, 0.2) is 53.9 Å². The highest BCUT2D eigenvalue weighted by Gasteiger charge is 2.33. The van der Waals surface area contributed by atoms with E-state index in [0.717, 1.165) is 41.4 Å². The number of para-hydroxylation sites is 1. The van der Waals surface area contributed by atoms with Crippen LogP contribution in [0.1, 0.15) is 48.8 Å². The molecular formula is C29H28N4O5S. The summed E-state index contributed by atoms with van der Waals surface area (Å²) in [7, 11) is 0. The molecular weight excluding hydrogens is 516 g/mol. The Morgan fingerprint density at radius 1 is 1.15 bits per heavy atom. The Kier molecular flexibility index (Phi) is 7.14. The number of hydrogen-bond acceptors (Lipinski definition) is 8. The Morgan fingerprint density at radius 2 is 1.95 bits per heavy atom. The topological polar surface area (TPSA) is 124 Å². The molecule has 1 amide bonds. The molecule has 0 saturated heterocycles. The first-order chi connectivity index (χ1) is 18.6. The van der Waals surface area contributed by atoms with Gasteiger partial charge >= 0.3 is 5.97 Å². The Bertz CT molecular complexity index is 1590. The molecule has 5 rings (SSSR count). The number of benzene rings is 2. The molecule has 0 spiro atoms. The number of aromatic nitrogens is 2. The summed E-state index contributed by atoms with van der Waals surface area (Å²) in [5.41, 5.74) is 4.15. The summed E-state index contributed by atoms with van der Waals surface area (Å²) >= 11 is 1.18. The lowest BCUT2D eigenvalue weighted by atomic mass is 9.70. The Hall–Kier alpha value is -4.18. The van der Waals surface area contributed by atoms with Crippen LogP contribution in [0.25, 0.3) is 22.2 Å². The van der Waals surface area contributed by atoms with E-state index in [1.54, 1.807) is 17.5 Å². The maximum atomic E-state index is 13.4. The average Bonchev–Trinajstić information content (AvgIpc) is 3.38. The summed E-state index contributed by atoms with van der Waals surface area (Å²) in [6, 6.07) is 13.6. The van der Waals surface area contributed by atoms with Gasteiger partial charge in [0, 0.05) is 34.2 Å². The molecule has 0 bridgehead atoms. The highest BCUT2D eigenvalue weighted by Crippen LogP contribution is 2.39. The van der Waals surface area contributed by atoms with Gasteiger partial charge in [-0.25, -0.2) is 9.78 Å². The number of carbonyl (C=O) groups is 2. The number of thiazole rings is 1. The molecule has 1 unspecified atom stereocenters. The summed E-state index contributed by atoms with van der Waals surface area (Å²) in [5.74, 6) is -0.679. The number of rotatable bonds is 6. The van der Waals surface area contributed by atoms with Crippen LogP contribution >= 0.6 is 11.3 Å². The fraction of sp³-hybridized carbons (Fsp3) is 0.310. The summed E-state index contributed by atoms with van der Waals surface area (Å²) in [6.07, 6.45) is 2.53. The molecule has 0 saturated carbocycles. The molecule has 200 valence electrons. The van der Waals surface area contributed by atoms with E-state index in [-0.39, 0.29) is 11.1 Å². The van der Waals surface area contributed by atoms with Crippen molar-refractivity contribution in [3.63, 3.8) is 0 Å². The monoisotopic (exact) mass is 544 g/mol. The van der Waals surface area contributed by atoms with E-state index in [4.69, 9.17) is 9.72 Å². The van der Waals surface area contributed by atoms with Crippen LogP contribution < -0.4 is 5.32 Å². The Balaban J connectivity index is 1.31. The zero-order chi connectivity index (χ0) is 27.7. The van der Waals surface area contributed by atoms with Gasteiger partial charge in [-0.1, -0.05) is 51.1 Å². The third kappa shape index (κ3) is 5.65. The minimum absolute atomic E-state index is 0.0438. The SMILES string of the molecule is CC(C)(C)C1CCc2nc3ccccc3c(C(=O)OCC(=O)Nc3nc(-c4cccc([N+](=O)[O-])c4)cs3)c2C1. The number of nitrogens with one attached hydrogen (secondary N) is 1. The number of aryl methyl sites for hydroxylation is 1. The number of nitrogens with zero attached hydrogens (tertiary/aromatic N) is 3. The first kappa shape index (κ1) is 26.4. The standard InChI is InChI=1S/C29H28N4O5S/c1-29(2,3)18-11-12-23-21(14-18)26(20-9-4-5-10-22(20)30-23)27(35)38-15-25(34)32-28-31-24(16-39-28)17-7-6-8-19(13-17)33(36)37/h4-10,13,16,18H,11-12,14-15H2,1-3H3,(H,31,32,34). The number of non-ortho nitro benzene ring substituents is 1. The van der Waals surface area contributed by atoms with Gasteiger partial charge in [-0.15, -0.1) is 11.3 Å². The number of pyridine rings is 1. The lowest BCUT2D eigenvalue weighted by Gasteiger charge is -2.35. The Labute approximate surface area is 229 Å². The molecule has 39 heavy (non-hydrogen) atoms. The van der Waals surface area contributed by atoms with Crippen LogP contribution in [0.4, 0.5) is 10.8 Å². The van der Waals surface area contributed by atoms with E-state index in [1.807, 2.05) is 24.3 Å². The van der Waals surface area contributed by atoms with E-state index < -0.39 is 23.4 Å². The zero-order valence-corrected chi connectivity index (χ0v) is 22.7. The van der Waals surface area contributed by atoms with Gasteiger partial charge in [-0.3, -0.25) is 25.2 Å². The number of fused-ring (bicyclic) bond motifs is 2. The highest BCUT2D eigenvalue weighted by atomic mass is 32.1. The van der Waals surface area contributed by atoms with Crippen molar-refractivity contribution in [3.05, 3.63) is 80.8 Å². The van der Waals surface area contributed by atoms with Crippen LogP contribution in [0.3, 0.4) is 0 Å². The van der Waals surface area contributed by atoms with Gasteiger partial charge in [0.15, 0.2) is 11.7 Å². The number of anilines is 1. The minimum atomic E-state index is -0.550. The first-order valence-electron chi connectivity index (χ1n) is 12.7. The molecule has 4 aromatic rings. The molecule has 0 radical (unpaired) electrons. The minimum Gasteiger partial charge on any atom is -0.452 e. The fourth-order valence-corrected chi connectivity index (χ4v) is 5.70. The normalized spacial score (nSPS) is 15.0. The van der Waals surface area contributed by atoms with Gasteiger partial charge in [-0.05, 0) is 42.2 Å². The van der Waals surface area contributed by atoms with Gasteiger partial charge in [0.1, 0.15) is 0 Å². The van der Waals surface area contributed by atoms with E-state index in [1.165, 1.54) is 23.5 Å². The lowest BCUT2D eigenvalue weighted by Crippen LogP contribution is -2.29. The zero-order valence-electron chi connectivity index (χ0n) is 21.9. The number of carbonyl (C=O) groups excluding carboxylic acids is 2. The van der Waals surface area contributed by atoms with Crippen molar-refractivity contribution >= 4 is 44.9 Å². The Morgan fingerprint density at radius 3 is 2.72 bits per heavy atom. The number of nitro groups is 1. The first-order valence-corrected chi connectivity index (χ1v) is 13.6. The third-order valence-corrected chi connectivity index (χ3v) is 7.88. The van der Waals surface area contributed by atoms with E-state index in [2.05, 4.69) is 31.1 Å². The summed E-state index contributed by atoms with van der Waals surface area (Å²) in [4.78, 5) is 45.8. The summed E-state index contributed by atoms with van der Waals surface area (Å²) in [5, 5.41) is 16.4. The molecule has 1 atom stereocenters. The summed E-state index contributed by atoms with van der Waals surface area (Å²) < 4.78 is 5.51. The molecule has 0 fully saturated rings. The fourth-order valence-electron chi connectivity index (χ4n) is 4.96. The molecule has 2 heterocycles. The van der Waals surface area contributed by atoms with Crippen molar-refractivity contribution in [1.82, 2.24) is 9.97 Å². The van der Waals surface area contributed by atoms with Gasteiger partial charge < -0.3 is 4.74 Å². The van der Waals surface area contributed by atoms with Crippen molar-refractivity contribution in [2.24, 2.45) is 11.3 Å². The van der Waals surface area contributed by atoms with Crippen molar-refractivity contribution in [3.8, 4) is 11.3 Å². The predicted molar refractivity (Wildman–Crippen MR) is 150 cm³/mol. The van der Waals surface area contributed by atoms with Crippen LogP contribution in [0, 0.1) is 21.4 Å². The molecule has 1 aliphatic rings. The van der Waals surface area contributed by atoms with Crippen LogP contribution in [-0.2, 0) is 22.4 Å². The van der Waals surface area contributed by atoms with Gasteiger partial charge in [0.25, 0.3) is 11.6 Å². The number of nitro benzene ring substituents is 1. The molecule has 9 nitrogen and oxygen atoms in total. The lowest BCUT2D eigenvalue weighted by molar-refractivity contribution is -0.384. The molecule has 2 aromatic heterocycles. The van der Waals surface area contributed by atoms with Crippen molar-refractivity contribution in [1.29, 1.82) is 0 Å². The van der Waals surface area contributed by atoms with Crippen molar-refractivity contribution < 1.29 is 19.2 Å². The second-order valence-electron chi connectivity index (χ2n) is 10.7. The number of esters is 1. The second-order valence-corrected chi connectivity index (χ2v) is 11.6. The smallest absolute Gasteiger partial charge is 0.339 e. The predicted octanol–water partition coefficient (Wildman–Crippen LogP) is 6.21. The van der Waals surface area contributed by atoms with Crippen molar-refractivity contribution in [2.75, 3.05) is 11.9 Å². The molecule has 1 aliphatic carbocycles. The molecule has 10 heteroatoms. The maximum Gasteiger partial charge on any atom is 0.339 e. The van der Waals surface area contributed by atoms with E-state index in [9.17, 15) is 19.7 Å². The molecule has 0 aliphatic heterocycles. The summed E-state index contributed by atoms with van der Waals surface area (Å²) in [6.45, 7) is 6.16. The van der Waals surface area contributed by atoms with Gasteiger partial charge in [0.05, 0.1) is 21.7 Å². The quantitative estimate of drug-likeness (QED) is 0.174. The van der Waals surface area contributed by atoms with Crippen LogP contribution in [-0.4, -0.2) is 33.4 Å². The molecule has 2 aromatic carbocycles. The number of ether oxygens (including phenoxy) is 1. The van der Waals surface area contributed by atoms with Crippen molar-refractivity contribution in [2.45, 2.75) is 40.0 Å². The van der Waals surface area contributed by atoms with Crippen LogP contribution in [0.5, 0.6) is 0 Å². The van der Waals surface area contributed by atoms with E-state index >= 15 is 0 Å². The number of hydrogen-bond donors (Lipinski definition) is 1. The second kappa shape index (κ2) is 10.5. The average molecular weight is 545 g/mol. The molecule has 1 N–H and O–H groups in total. The van der Waals surface area contributed by atoms with Crippen LogP contribution in [0.2, 0.25) is 0 Å².